The molecular formula is C13H17Cl2NO2. The molecule has 18 heavy (non-hydrogen) atoms. The zero-order valence-corrected chi connectivity index (χ0v) is 12.0. The Balaban J connectivity index is 2.61. The van der Waals surface area contributed by atoms with Crippen molar-refractivity contribution >= 4 is 29.2 Å². The van der Waals surface area contributed by atoms with Crippen LogP contribution < -0.4 is 5.32 Å². The second-order valence-electron chi connectivity index (χ2n) is 4.68. The van der Waals surface area contributed by atoms with E-state index in [-0.39, 0.29) is 12.0 Å². The molecule has 0 fully saturated rings. The van der Waals surface area contributed by atoms with Crippen LogP contribution in [0.1, 0.15) is 32.3 Å². The van der Waals surface area contributed by atoms with Crippen molar-refractivity contribution in [3.8, 4) is 0 Å². The van der Waals surface area contributed by atoms with Gasteiger partial charge in [0.25, 0.3) is 0 Å². The lowest BCUT2D eigenvalue weighted by Gasteiger charge is -2.27. The molecule has 0 bridgehead atoms. The number of nitrogens with one attached hydrogen (secondary N) is 1. The molecule has 0 spiro atoms. The molecule has 0 atom stereocenters. The fraction of sp³-hybridized carbons (Fsp3) is 0.462. The predicted molar refractivity (Wildman–Crippen MR) is 74.4 cm³/mol. The molecule has 3 nitrogen and oxygen atoms in total. The maximum atomic E-state index is 10.4. The van der Waals surface area contributed by atoms with E-state index in [1.807, 2.05) is 26.0 Å². The van der Waals surface area contributed by atoms with E-state index in [4.69, 9.17) is 28.3 Å². The molecule has 0 saturated carbocycles. The second kappa shape index (κ2) is 6.41. The number of hydrogen-bond donors (Lipinski definition) is 2. The van der Waals surface area contributed by atoms with Gasteiger partial charge in [0, 0.05) is 12.0 Å². The molecular weight excluding hydrogens is 273 g/mol. The van der Waals surface area contributed by atoms with E-state index in [9.17, 15) is 4.79 Å². The van der Waals surface area contributed by atoms with Crippen LogP contribution in [0.3, 0.4) is 0 Å². The zero-order valence-electron chi connectivity index (χ0n) is 10.5. The summed E-state index contributed by atoms with van der Waals surface area (Å²) in [6.45, 7) is 4.68. The molecule has 1 rings (SSSR count). The summed E-state index contributed by atoms with van der Waals surface area (Å²) in [5, 5.41) is 12.9. The summed E-state index contributed by atoms with van der Waals surface area (Å²) in [6.07, 6.45) is 0.768. The highest BCUT2D eigenvalue weighted by Crippen LogP contribution is 2.28. The Hall–Kier alpha value is -0.770. The summed E-state index contributed by atoms with van der Waals surface area (Å²) in [7, 11) is 0. The molecule has 0 unspecified atom stereocenters. The Kier molecular flexibility index (Phi) is 5.45. The number of carbonyl (C=O) groups is 1. The van der Waals surface area contributed by atoms with Crippen molar-refractivity contribution in [1.82, 2.24) is 5.32 Å². The number of aliphatic carboxylic acids is 1. The van der Waals surface area contributed by atoms with Crippen molar-refractivity contribution in [2.24, 2.45) is 0 Å². The number of carboxylic acids is 1. The molecule has 1 aromatic carbocycles. The highest BCUT2D eigenvalue weighted by Gasteiger charge is 2.20. The van der Waals surface area contributed by atoms with Crippen molar-refractivity contribution in [2.45, 2.75) is 32.2 Å². The summed E-state index contributed by atoms with van der Waals surface area (Å²) in [5.74, 6) is -0.774. The summed E-state index contributed by atoms with van der Waals surface area (Å²) in [6, 6.07) is 5.51. The summed E-state index contributed by atoms with van der Waals surface area (Å²) in [5.41, 5.74) is 0.749. The first-order valence-corrected chi connectivity index (χ1v) is 6.51. The van der Waals surface area contributed by atoms with Crippen LogP contribution in [0.5, 0.6) is 0 Å². The lowest BCUT2D eigenvalue weighted by molar-refractivity contribution is -0.137. The maximum absolute atomic E-state index is 10.4. The van der Waals surface area contributed by atoms with Crippen LogP contribution in [0.4, 0.5) is 0 Å². The summed E-state index contributed by atoms with van der Waals surface area (Å²) < 4.78 is 0. The SMILES string of the molecule is CC(C)(NCCCC(=O)O)c1ccc(Cl)c(Cl)c1. The van der Waals surface area contributed by atoms with E-state index >= 15 is 0 Å². The Morgan fingerprint density at radius 1 is 1.33 bits per heavy atom. The minimum absolute atomic E-state index is 0.171. The molecule has 5 heteroatoms. The topological polar surface area (TPSA) is 49.3 Å². The molecule has 0 radical (unpaired) electrons. The average Bonchev–Trinajstić information content (AvgIpc) is 2.28. The highest BCUT2D eigenvalue weighted by molar-refractivity contribution is 6.42. The van der Waals surface area contributed by atoms with Gasteiger partial charge in [-0.05, 0) is 44.5 Å². The van der Waals surface area contributed by atoms with Gasteiger partial charge < -0.3 is 10.4 Å². The molecule has 2 N–H and O–H groups in total. The van der Waals surface area contributed by atoms with E-state index in [2.05, 4.69) is 5.32 Å². The number of rotatable bonds is 6. The molecule has 0 aromatic heterocycles. The van der Waals surface area contributed by atoms with Crippen LogP contribution >= 0.6 is 23.2 Å². The largest absolute Gasteiger partial charge is 0.481 e. The molecule has 0 amide bonds. The van der Waals surface area contributed by atoms with Gasteiger partial charge in [-0.1, -0.05) is 29.3 Å². The van der Waals surface area contributed by atoms with Gasteiger partial charge in [-0.3, -0.25) is 4.79 Å². The normalized spacial score (nSPS) is 11.6. The van der Waals surface area contributed by atoms with Gasteiger partial charge in [0.1, 0.15) is 0 Å². The molecule has 0 heterocycles. The van der Waals surface area contributed by atoms with Crippen molar-refractivity contribution in [3.63, 3.8) is 0 Å². The molecule has 0 aliphatic carbocycles. The van der Waals surface area contributed by atoms with E-state index in [0.29, 0.717) is 23.0 Å². The lowest BCUT2D eigenvalue weighted by Crippen LogP contribution is -2.37. The van der Waals surface area contributed by atoms with Gasteiger partial charge in [-0.15, -0.1) is 0 Å². The van der Waals surface area contributed by atoms with E-state index in [1.165, 1.54) is 0 Å². The quantitative estimate of drug-likeness (QED) is 0.786. The Labute approximate surface area is 117 Å². The molecule has 0 aliphatic rings. The lowest BCUT2D eigenvalue weighted by atomic mass is 9.94. The number of carboxylic acid groups (broad SMARTS) is 1. The summed E-state index contributed by atoms with van der Waals surface area (Å²) >= 11 is 11.9. The van der Waals surface area contributed by atoms with Crippen LogP contribution in [-0.2, 0) is 10.3 Å². The van der Waals surface area contributed by atoms with Gasteiger partial charge in [0.05, 0.1) is 10.0 Å². The summed E-state index contributed by atoms with van der Waals surface area (Å²) in [4.78, 5) is 10.4. The zero-order chi connectivity index (χ0) is 13.8. The van der Waals surface area contributed by atoms with Gasteiger partial charge >= 0.3 is 5.97 Å². The van der Waals surface area contributed by atoms with Crippen molar-refractivity contribution in [3.05, 3.63) is 33.8 Å². The van der Waals surface area contributed by atoms with Crippen molar-refractivity contribution in [1.29, 1.82) is 0 Å². The Bertz CT molecular complexity index is 433. The smallest absolute Gasteiger partial charge is 0.303 e. The third-order valence-corrected chi connectivity index (χ3v) is 3.51. The van der Waals surface area contributed by atoms with Crippen LogP contribution in [0.2, 0.25) is 10.0 Å². The van der Waals surface area contributed by atoms with E-state index in [0.717, 1.165) is 5.56 Å². The van der Waals surface area contributed by atoms with Crippen molar-refractivity contribution < 1.29 is 9.90 Å². The van der Waals surface area contributed by atoms with Crippen LogP contribution in [0, 0.1) is 0 Å². The number of hydrogen-bond acceptors (Lipinski definition) is 2. The van der Waals surface area contributed by atoms with Gasteiger partial charge in [0.2, 0.25) is 0 Å². The van der Waals surface area contributed by atoms with E-state index in [1.54, 1.807) is 6.07 Å². The highest BCUT2D eigenvalue weighted by atomic mass is 35.5. The van der Waals surface area contributed by atoms with Gasteiger partial charge in [0.15, 0.2) is 0 Å². The van der Waals surface area contributed by atoms with Gasteiger partial charge in [-0.2, -0.15) is 0 Å². The number of benzene rings is 1. The minimum atomic E-state index is -0.774. The number of halogens is 2. The molecule has 100 valence electrons. The average molecular weight is 290 g/mol. The second-order valence-corrected chi connectivity index (χ2v) is 5.49. The monoisotopic (exact) mass is 289 g/mol. The van der Waals surface area contributed by atoms with Crippen molar-refractivity contribution in [2.75, 3.05) is 6.54 Å². The fourth-order valence-corrected chi connectivity index (χ4v) is 1.93. The predicted octanol–water partition coefficient (Wildman–Crippen LogP) is 3.68. The first kappa shape index (κ1) is 15.3. The third-order valence-electron chi connectivity index (χ3n) is 2.78. The molecule has 0 aliphatic heterocycles. The third kappa shape index (κ3) is 4.48. The molecule has 1 aromatic rings. The maximum Gasteiger partial charge on any atom is 0.303 e. The Morgan fingerprint density at radius 2 is 2.00 bits per heavy atom. The van der Waals surface area contributed by atoms with E-state index < -0.39 is 5.97 Å². The van der Waals surface area contributed by atoms with Gasteiger partial charge in [-0.25, -0.2) is 0 Å². The fourth-order valence-electron chi connectivity index (χ4n) is 1.63. The minimum Gasteiger partial charge on any atom is -0.481 e. The van der Waals surface area contributed by atoms with Crippen LogP contribution in [0.15, 0.2) is 18.2 Å². The standard InChI is InChI=1S/C13H17Cl2NO2/c1-13(2,16-7-3-4-12(17)18)9-5-6-10(14)11(15)8-9/h5-6,8,16H,3-4,7H2,1-2H3,(H,17,18). The first-order chi connectivity index (χ1) is 8.33. The first-order valence-electron chi connectivity index (χ1n) is 5.75. The Morgan fingerprint density at radius 3 is 2.56 bits per heavy atom. The van der Waals surface area contributed by atoms with Crippen LogP contribution in [-0.4, -0.2) is 17.6 Å². The molecule has 0 saturated heterocycles. The van der Waals surface area contributed by atoms with Crippen LogP contribution in [0.25, 0.3) is 0 Å².